The number of alkyl halides is 2. The van der Waals surface area contributed by atoms with Crippen LogP contribution in [0.25, 0.3) is 0 Å². The minimum Gasteiger partial charge on any atom is -0.434 e. The van der Waals surface area contributed by atoms with E-state index in [1.54, 1.807) is 31.3 Å². The molecule has 3 rings (SSSR count). The van der Waals surface area contributed by atoms with E-state index >= 15 is 0 Å². The zero-order valence-corrected chi connectivity index (χ0v) is 19.7. The van der Waals surface area contributed by atoms with Gasteiger partial charge in [0.15, 0.2) is 5.96 Å². The Balaban J connectivity index is 0.00000300. The number of hydrogen-bond donors (Lipinski definition) is 2. The van der Waals surface area contributed by atoms with Gasteiger partial charge in [-0.2, -0.15) is 20.5 Å². The molecule has 1 aromatic rings. The summed E-state index contributed by atoms with van der Waals surface area (Å²) in [6.45, 7) is 1.75. The van der Waals surface area contributed by atoms with Crippen LogP contribution in [0.15, 0.2) is 29.3 Å². The molecule has 1 aromatic carbocycles. The number of para-hydroxylation sites is 1. The maximum absolute atomic E-state index is 12.6. The van der Waals surface area contributed by atoms with Gasteiger partial charge in [0.25, 0.3) is 0 Å². The van der Waals surface area contributed by atoms with Crippen molar-refractivity contribution in [3.8, 4) is 5.75 Å². The number of nitrogens with zero attached hydrogens (tertiary/aromatic N) is 2. The van der Waals surface area contributed by atoms with Gasteiger partial charge in [0.1, 0.15) is 5.75 Å². The predicted octanol–water partition coefficient (Wildman–Crippen LogP) is 2.78. The van der Waals surface area contributed by atoms with E-state index in [-0.39, 0.29) is 35.3 Å². The van der Waals surface area contributed by atoms with Crippen LogP contribution in [0.1, 0.15) is 12.0 Å². The number of hydrogen-bond acceptors (Lipinski definition) is 5. The molecule has 164 valence electrons. The topological polar surface area (TPSA) is 58.1 Å². The van der Waals surface area contributed by atoms with Gasteiger partial charge in [0.05, 0.1) is 13.2 Å². The molecule has 0 saturated carbocycles. The third-order valence-electron chi connectivity index (χ3n) is 5.21. The fraction of sp³-hybridized carbons (Fsp3) is 0.632. The zero-order chi connectivity index (χ0) is 19.8. The monoisotopic (exact) mass is 542 g/mol. The van der Waals surface area contributed by atoms with Gasteiger partial charge in [0.2, 0.25) is 0 Å². The molecule has 2 saturated heterocycles. The Hall–Kier alpha value is -0.850. The SMILES string of the molecule is CN=C(NCc1ccccc1OC(F)F)NCC1(N2CCOCC2)CCSC1.I. The van der Waals surface area contributed by atoms with Gasteiger partial charge in [-0.05, 0) is 18.2 Å². The van der Waals surface area contributed by atoms with Crippen LogP contribution in [0, 0.1) is 0 Å². The number of rotatable bonds is 7. The summed E-state index contributed by atoms with van der Waals surface area (Å²) < 4.78 is 35.3. The van der Waals surface area contributed by atoms with Gasteiger partial charge in [0, 0.05) is 50.1 Å². The second kappa shape index (κ2) is 12.1. The van der Waals surface area contributed by atoms with Crippen molar-refractivity contribution < 1.29 is 18.3 Å². The van der Waals surface area contributed by atoms with Gasteiger partial charge in [-0.3, -0.25) is 9.89 Å². The van der Waals surface area contributed by atoms with E-state index in [1.807, 2.05) is 11.8 Å². The number of thioether (sulfide) groups is 1. The molecule has 0 aliphatic carbocycles. The standard InChI is InChI=1S/C19H28F2N4O2S.HI/c1-22-18(23-12-15-4-2-3-5-16(15)27-17(20)21)24-13-19(6-11-28-14-19)25-7-9-26-10-8-25;/h2-5,17H,6-14H2,1H3,(H2,22,23,24);1H. The first-order valence-corrected chi connectivity index (χ1v) is 10.7. The van der Waals surface area contributed by atoms with Crippen LogP contribution in [0.5, 0.6) is 5.75 Å². The highest BCUT2D eigenvalue weighted by atomic mass is 127. The summed E-state index contributed by atoms with van der Waals surface area (Å²) >= 11 is 1.98. The molecule has 10 heteroatoms. The molecule has 0 spiro atoms. The number of halogens is 3. The largest absolute Gasteiger partial charge is 0.434 e. The molecule has 2 fully saturated rings. The summed E-state index contributed by atoms with van der Waals surface area (Å²) in [4.78, 5) is 6.82. The quantitative estimate of drug-likeness (QED) is 0.314. The minimum absolute atomic E-state index is 0. The van der Waals surface area contributed by atoms with E-state index in [1.165, 1.54) is 0 Å². The van der Waals surface area contributed by atoms with Crippen LogP contribution in [0.2, 0.25) is 0 Å². The van der Waals surface area contributed by atoms with Crippen LogP contribution in [0.3, 0.4) is 0 Å². The Kier molecular flexibility index (Phi) is 10.2. The van der Waals surface area contributed by atoms with Crippen molar-refractivity contribution in [2.24, 2.45) is 4.99 Å². The molecule has 2 aliphatic heterocycles. The molecule has 2 heterocycles. The lowest BCUT2D eigenvalue weighted by atomic mass is 9.95. The highest BCUT2D eigenvalue weighted by Crippen LogP contribution is 2.33. The molecule has 0 aromatic heterocycles. The summed E-state index contributed by atoms with van der Waals surface area (Å²) in [7, 11) is 1.71. The molecule has 1 atom stereocenters. The number of ether oxygens (including phenoxy) is 2. The molecule has 0 bridgehead atoms. The Morgan fingerprint density at radius 3 is 2.72 bits per heavy atom. The first kappa shape index (κ1) is 24.4. The van der Waals surface area contributed by atoms with Crippen molar-refractivity contribution in [1.29, 1.82) is 0 Å². The van der Waals surface area contributed by atoms with Crippen LogP contribution in [0.4, 0.5) is 8.78 Å². The number of aliphatic imine (C=N–C) groups is 1. The third kappa shape index (κ3) is 6.83. The first-order chi connectivity index (χ1) is 13.6. The lowest BCUT2D eigenvalue weighted by Gasteiger charge is -2.43. The van der Waals surface area contributed by atoms with E-state index in [0.29, 0.717) is 18.1 Å². The molecular formula is C19H29F2IN4O2S. The van der Waals surface area contributed by atoms with E-state index in [9.17, 15) is 8.78 Å². The molecule has 0 radical (unpaired) electrons. The minimum atomic E-state index is -2.84. The predicted molar refractivity (Wildman–Crippen MR) is 124 cm³/mol. The van der Waals surface area contributed by atoms with E-state index in [2.05, 4.69) is 25.3 Å². The normalized spacial score (nSPS) is 23.0. The number of guanidine groups is 1. The Morgan fingerprint density at radius 1 is 1.31 bits per heavy atom. The van der Waals surface area contributed by atoms with Gasteiger partial charge >= 0.3 is 6.61 Å². The highest BCUT2D eigenvalue weighted by molar-refractivity contribution is 14.0. The van der Waals surface area contributed by atoms with Crippen LogP contribution in [-0.2, 0) is 11.3 Å². The molecule has 2 aliphatic rings. The maximum Gasteiger partial charge on any atom is 0.387 e. The Morgan fingerprint density at radius 2 is 2.07 bits per heavy atom. The summed E-state index contributed by atoms with van der Waals surface area (Å²) in [6, 6.07) is 6.79. The lowest BCUT2D eigenvalue weighted by molar-refractivity contribution is -0.0504. The average molecular weight is 542 g/mol. The van der Waals surface area contributed by atoms with Crippen LogP contribution < -0.4 is 15.4 Å². The third-order valence-corrected chi connectivity index (χ3v) is 6.44. The average Bonchev–Trinajstić information content (AvgIpc) is 3.20. The maximum atomic E-state index is 12.6. The van der Waals surface area contributed by atoms with E-state index < -0.39 is 6.61 Å². The molecule has 2 N–H and O–H groups in total. The van der Waals surface area contributed by atoms with E-state index in [0.717, 1.165) is 50.8 Å². The molecule has 0 amide bonds. The first-order valence-electron chi connectivity index (χ1n) is 9.51. The molecule has 6 nitrogen and oxygen atoms in total. The van der Waals surface area contributed by atoms with Crippen molar-refractivity contribution in [2.75, 3.05) is 51.4 Å². The summed E-state index contributed by atoms with van der Waals surface area (Å²) in [5.41, 5.74) is 0.757. The fourth-order valence-corrected chi connectivity index (χ4v) is 5.12. The second-order valence-electron chi connectivity index (χ2n) is 6.89. The van der Waals surface area contributed by atoms with Gasteiger partial charge < -0.3 is 20.1 Å². The summed E-state index contributed by atoms with van der Waals surface area (Å²) in [6.07, 6.45) is 1.13. The summed E-state index contributed by atoms with van der Waals surface area (Å²) in [5, 5.41) is 6.64. The van der Waals surface area contributed by atoms with E-state index in [4.69, 9.17) is 4.74 Å². The second-order valence-corrected chi connectivity index (χ2v) is 8.00. The van der Waals surface area contributed by atoms with Gasteiger partial charge in [-0.25, -0.2) is 0 Å². The highest BCUT2D eigenvalue weighted by Gasteiger charge is 2.40. The van der Waals surface area contributed by atoms with Gasteiger partial charge in [-0.1, -0.05) is 18.2 Å². The number of morpholine rings is 1. The Bertz CT molecular complexity index is 657. The van der Waals surface area contributed by atoms with Crippen molar-refractivity contribution in [3.63, 3.8) is 0 Å². The molecular weight excluding hydrogens is 513 g/mol. The van der Waals surface area contributed by atoms with Crippen molar-refractivity contribution in [3.05, 3.63) is 29.8 Å². The molecule has 1 unspecified atom stereocenters. The van der Waals surface area contributed by atoms with Gasteiger partial charge in [-0.15, -0.1) is 24.0 Å². The van der Waals surface area contributed by atoms with Crippen LogP contribution in [-0.4, -0.2) is 74.4 Å². The summed E-state index contributed by atoms with van der Waals surface area (Å²) in [5.74, 6) is 3.07. The number of benzene rings is 1. The smallest absolute Gasteiger partial charge is 0.387 e. The van der Waals surface area contributed by atoms with Crippen molar-refractivity contribution in [2.45, 2.75) is 25.1 Å². The van der Waals surface area contributed by atoms with Crippen molar-refractivity contribution >= 4 is 41.7 Å². The zero-order valence-electron chi connectivity index (χ0n) is 16.5. The van der Waals surface area contributed by atoms with Crippen molar-refractivity contribution in [1.82, 2.24) is 15.5 Å². The Labute approximate surface area is 192 Å². The number of nitrogens with one attached hydrogen (secondary N) is 2. The fourth-order valence-electron chi connectivity index (χ4n) is 3.64. The lowest BCUT2D eigenvalue weighted by Crippen LogP contribution is -2.60. The molecule has 29 heavy (non-hydrogen) atoms. The van der Waals surface area contributed by atoms with Crippen LogP contribution >= 0.6 is 35.7 Å².